The van der Waals surface area contributed by atoms with Gasteiger partial charge in [0.2, 0.25) is 0 Å². The van der Waals surface area contributed by atoms with E-state index < -0.39 is 0 Å². The normalized spacial score (nSPS) is 16.1. The summed E-state index contributed by atoms with van der Waals surface area (Å²) in [6.07, 6.45) is 6.94. The van der Waals surface area contributed by atoms with Gasteiger partial charge in [-0.15, -0.1) is 0 Å². The minimum atomic E-state index is 0.748. The van der Waals surface area contributed by atoms with Crippen LogP contribution in [0.4, 0.5) is 0 Å². The molecule has 0 bridgehead atoms. The zero-order valence-corrected chi connectivity index (χ0v) is 12.2. The van der Waals surface area contributed by atoms with Crippen LogP contribution in [0, 0.1) is 0 Å². The fourth-order valence-electron chi connectivity index (χ4n) is 1.94. The number of hydrogen-bond donors (Lipinski definition) is 1. The van der Waals surface area contributed by atoms with Crippen LogP contribution in [0.5, 0.6) is 0 Å². The highest BCUT2D eigenvalue weighted by Crippen LogP contribution is 2.23. The molecule has 0 aromatic heterocycles. The Bertz CT molecular complexity index is 436. The molecule has 0 aliphatic heterocycles. The predicted molar refractivity (Wildman–Crippen MR) is 79.6 cm³/mol. The molecule has 0 atom stereocenters. The van der Waals surface area contributed by atoms with Gasteiger partial charge in [0.1, 0.15) is 0 Å². The third-order valence-electron chi connectivity index (χ3n) is 3.12. The van der Waals surface area contributed by atoms with Crippen molar-refractivity contribution >= 4 is 23.2 Å². The molecule has 1 saturated carbocycles. The summed E-state index contributed by atoms with van der Waals surface area (Å²) in [5.74, 6) is 0. The molecule has 98 valence electrons. The molecule has 0 heterocycles. The van der Waals surface area contributed by atoms with Crippen molar-refractivity contribution < 1.29 is 0 Å². The number of hydrogen-bond acceptors (Lipinski definition) is 1. The van der Waals surface area contributed by atoms with Crippen molar-refractivity contribution in [2.24, 2.45) is 0 Å². The molecular weight excluding hydrogens is 265 g/mol. The van der Waals surface area contributed by atoms with Crippen molar-refractivity contribution in [3.8, 4) is 0 Å². The van der Waals surface area contributed by atoms with E-state index in [9.17, 15) is 0 Å². The highest BCUT2D eigenvalue weighted by molar-refractivity contribution is 6.33. The number of allylic oxidation sites excluding steroid dienone is 1. The molecule has 0 saturated heterocycles. The molecule has 0 radical (unpaired) electrons. The van der Waals surface area contributed by atoms with Gasteiger partial charge in [-0.1, -0.05) is 34.9 Å². The van der Waals surface area contributed by atoms with E-state index in [1.807, 2.05) is 18.2 Å². The zero-order chi connectivity index (χ0) is 13.0. The SMILES string of the molecule is CC(=CCCNC1CC1)Cc1cc(Cl)ccc1Cl. The quantitative estimate of drug-likeness (QED) is 0.593. The molecule has 0 spiro atoms. The number of rotatable bonds is 6. The van der Waals surface area contributed by atoms with Gasteiger partial charge in [0.25, 0.3) is 0 Å². The average molecular weight is 284 g/mol. The van der Waals surface area contributed by atoms with Crippen molar-refractivity contribution in [3.63, 3.8) is 0 Å². The Morgan fingerprint density at radius 1 is 1.39 bits per heavy atom. The summed E-state index contributed by atoms with van der Waals surface area (Å²) < 4.78 is 0. The number of nitrogens with one attached hydrogen (secondary N) is 1. The van der Waals surface area contributed by atoms with Crippen LogP contribution in [-0.4, -0.2) is 12.6 Å². The van der Waals surface area contributed by atoms with Crippen molar-refractivity contribution in [1.82, 2.24) is 5.32 Å². The molecule has 1 aromatic rings. The van der Waals surface area contributed by atoms with Crippen molar-refractivity contribution in [3.05, 3.63) is 45.5 Å². The lowest BCUT2D eigenvalue weighted by Crippen LogP contribution is -2.16. The summed E-state index contributed by atoms with van der Waals surface area (Å²) in [6.45, 7) is 3.22. The smallest absolute Gasteiger partial charge is 0.0442 e. The van der Waals surface area contributed by atoms with E-state index in [1.165, 1.54) is 18.4 Å². The second-order valence-electron chi connectivity index (χ2n) is 4.98. The molecule has 1 fully saturated rings. The molecule has 1 aliphatic rings. The van der Waals surface area contributed by atoms with Crippen LogP contribution in [0.2, 0.25) is 10.0 Å². The zero-order valence-electron chi connectivity index (χ0n) is 10.7. The second kappa shape index (κ2) is 6.60. The lowest BCUT2D eigenvalue weighted by atomic mass is 10.1. The molecule has 3 heteroatoms. The fraction of sp³-hybridized carbons (Fsp3) is 0.467. The van der Waals surface area contributed by atoms with E-state index >= 15 is 0 Å². The van der Waals surface area contributed by atoms with Gasteiger partial charge in [0.05, 0.1) is 0 Å². The van der Waals surface area contributed by atoms with E-state index in [1.54, 1.807) is 0 Å². The van der Waals surface area contributed by atoms with Crippen molar-refractivity contribution in [2.75, 3.05) is 6.54 Å². The Labute approximate surface area is 119 Å². The molecule has 1 N–H and O–H groups in total. The third-order valence-corrected chi connectivity index (χ3v) is 3.73. The molecule has 0 amide bonds. The van der Waals surface area contributed by atoms with Gasteiger partial charge in [0.15, 0.2) is 0 Å². The van der Waals surface area contributed by atoms with Gasteiger partial charge in [-0.05, 0) is 62.9 Å². The molecule has 1 aromatic carbocycles. The van der Waals surface area contributed by atoms with E-state index in [-0.39, 0.29) is 0 Å². The van der Waals surface area contributed by atoms with Gasteiger partial charge in [0, 0.05) is 16.1 Å². The lowest BCUT2D eigenvalue weighted by Gasteiger charge is -2.06. The van der Waals surface area contributed by atoms with Crippen LogP contribution in [0.15, 0.2) is 29.8 Å². The maximum Gasteiger partial charge on any atom is 0.0442 e. The van der Waals surface area contributed by atoms with E-state index in [0.717, 1.165) is 41.0 Å². The Balaban J connectivity index is 1.82. The first kappa shape index (κ1) is 13.9. The van der Waals surface area contributed by atoms with Crippen molar-refractivity contribution in [1.29, 1.82) is 0 Å². The number of benzene rings is 1. The Kier molecular flexibility index (Phi) is 5.11. The molecular formula is C15H19Cl2N. The second-order valence-corrected chi connectivity index (χ2v) is 5.82. The lowest BCUT2D eigenvalue weighted by molar-refractivity contribution is 0.688. The highest BCUT2D eigenvalue weighted by atomic mass is 35.5. The van der Waals surface area contributed by atoms with Gasteiger partial charge in [-0.25, -0.2) is 0 Å². The number of halogens is 2. The minimum absolute atomic E-state index is 0.748. The summed E-state index contributed by atoms with van der Waals surface area (Å²) in [4.78, 5) is 0. The van der Waals surface area contributed by atoms with Gasteiger partial charge >= 0.3 is 0 Å². The predicted octanol–water partition coefficient (Wildman–Crippen LogP) is 4.62. The van der Waals surface area contributed by atoms with Crippen LogP contribution in [0.3, 0.4) is 0 Å². The standard InChI is InChI=1S/C15H19Cl2N/c1-11(3-2-8-18-14-5-6-14)9-12-10-13(16)4-7-15(12)17/h3-4,7,10,14,18H,2,5-6,8-9H2,1H3. The van der Waals surface area contributed by atoms with Crippen LogP contribution in [-0.2, 0) is 6.42 Å². The molecule has 1 aliphatic carbocycles. The van der Waals surface area contributed by atoms with Crippen LogP contribution >= 0.6 is 23.2 Å². The summed E-state index contributed by atoms with van der Waals surface area (Å²) in [5.41, 5.74) is 2.45. The average Bonchev–Trinajstić information content (AvgIpc) is 3.13. The van der Waals surface area contributed by atoms with Crippen molar-refractivity contribution in [2.45, 2.75) is 38.6 Å². The van der Waals surface area contributed by atoms with E-state index in [0.29, 0.717) is 0 Å². The maximum absolute atomic E-state index is 6.15. The Hall–Kier alpha value is -0.500. The van der Waals surface area contributed by atoms with Crippen LogP contribution in [0.25, 0.3) is 0 Å². The van der Waals surface area contributed by atoms with E-state index in [4.69, 9.17) is 23.2 Å². The molecule has 1 nitrogen and oxygen atoms in total. The first-order chi connectivity index (χ1) is 8.65. The first-order valence-electron chi connectivity index (χ1n) is 6.48. The molecule has 18 heavy (non-hydrogen) atoms. The van der Waals surface area contributed by atoms with Crippen LogP contribution < -0.4 is 5.32 Å². The van der Waals surface area contributed by atoms with Crippen LogP contribution in [0.1, 0.15) is 31.7 Å². The molecule has 0 unspecified atom stereocenters. The first-order valence-corrected chi connectivity index (χ1v) is 7.23. The maximum atomic E-state index is 6.15. The van der Waals surface area contributed by atoms with E-state index in [2.05, 4.69) is 18.3 Å². The third kappa shape index (κ3) is 4.64. The monoisotopic (exact) mass is 283 g/mol. The Morgan fingerprint density at radius 2 is 2.17 bits per heavy atom. The largest absolute Gasteiger partial charge is 0.314 e. The summed E-state index contributed by atoms with van der Waals surface area (Å²) in [5, 5.41) is 5.05. The summed E-state index contributed by atoms with van der Waals surface area (Å²) in [7, 11) is 0. The highest BCUT2D eigenvalue weighted by Gasteiger charge is 2.19. The fourth-order valence-corrected chi connectivity index (χ4v) is 2.32. The minimum Gasteiger partial charge on any atom is -0.314 e. The Morgan fingerprint density at radius 3 is 2.89 bits per heavy atom. The summed E-state index contributed by atoms with van der Waals surface area (Å²) in [6, 6.07) is 6.43. The summed E-state index contributed by atoms with van der Waals surface area (Å²) >= 11 is 12.1. The molecule has 2 rings (SSSR count). The van der Waals surface area contributed by atoms with Gasteiger partial charge < -0.3 is 5.32 Å². The van der Waals surface area contributed by atoms with Gasteiger partial charge in [-0.3, -0.25) is 0 Å². The van der Waals surface area contributed by atoms with Gasteiger partial charge in [-0.2, -0.15) is 0 Å². The topological polar surface area (TPSA) is 12.0 Å².